The Hall–Kier alpha value is -1.06. The van der Waals surface area contributed by atoms with Crippen LogP contribution in [0.5, 0.6) is 0 Å². The standard InChI is InChI=1S/C31H48N2O2/c1-26-9-22-10-27(2,15-26)18-30(13-22,17-26)24(34)32-7-5-6-8-33(21-32)25(35)31-14-23-11-28(3,19-31)16-29(4,12-23)20-31/h22-23H,5-21H2,1-4H3. The molecule has 194 valence electrons. The molecule has 8 saturated carbocycles. The first kappa shape index (κ1) is 23.1. The summed E-state index contributed by atoms with van der Waals surface area (Å²) in [6.45, 7) is 12.1. The second-order valence-electron chi connectivity index (χ2n) is 16.8. The number of rotatable bonds is 2. The molecule has 9 rings (SSSR count). The van der Waals surface area contributed by atoms with Crippen LogP contribution >= 0.6 is 0 Å². The fourth-order valence-electron chi connectivity index (χ4n) is 13.3. The van der Waals surface area contributed by atoms with Crippen molar-refractivity contribution in [3.63, 3.8) is 0 Å². The van der Waals surface area contributed by atoms with Crippen LogP contribution < -0.4 is 0 Å². The minimum atomic E-state index is -0.163. The molecule has 1 aliphatic heterocycles. The maximum absolute atomic E-state index is 14.4. The maximum Gasteiger partial charge on any atom is 0.230 e. The van der Waals surface area contributed by atoms with E-state index in [2.05, 4.69) is 37.5 Å². The summed E-state index contributed by atoms with van der Waals surface area (Å²) in [5.41, 5.74) is 1.04. The van der Waals surface area contributed by atoms with Crippen LogP contribution in [0.25, 0.3) is 0 Å². The van der Waals surface area contributed by atoms with Gasteiger partial charge in [-0.15, -0.1) is 0 Å². The molecule has 2 amide bonds. The van der Waals surface area contributed by atoms with Gasteiger partial charge in [0.1, 0.15) is 0 Å². The Morgan fingerprint density at radius 1 is 0.543 bits per heavy atom. The van der Waals surface area contributed by atoms with E-state index < -0.39 is 0 Å². The highest BCUT2D eigenvalue weighted by molar-refractivity contribution is 5.86. The van der Waals surface area contributed by atoms with Crippen LogP contribution in [0.1, 0.15) is 118 Å². The molecule has 0 aromatic heterocycles. The summed E-state index contributed by atoms with van der Waals surface area (Å²) in [5, 5.41) is 0. The predicted molar refractivity (Wildman–Crippen MR) is 137 cm³/mol. The molecule has 9 fully saturated rings. The van der Waals surface area contributed by atoms with Crippen LogP contribution in [0.4, 0.5) is 0 Å². The van der Waals surface area contributed by atoms with Gasteiger partial charge in [-0.3, -0.25) is 9.59 Å². The van der Waals surface area contributed by atoms with Crippen molar-refractivity contribution >= 4 is 11.8 Å². The quantitative estimate of drug-likeness (QED) is 0.459. The zero-order chi connectivity index (χ0) is 24.5. The molecule has 4 unspecified atom stereocenters. The molecule has 4 atom stereocenters. The lowest BCUT2D eigenvalue weighted by Gasteiger charge is -2.65. The van der Waals surface area contributed by atoms with Crippen molar-refractivity contribution in [1.29, 1.82) is 0 Å². The van der Waals surface area contributed by atoms with Crippen LogP contribution in [-0.4, -0.2) is 41.4 Å². The number of carbonyl (C=O) groups excluding carboxylic acids is 2. The smallest absolute Gasteiger partial charge is 0.230 e. The third kappa shape index (κ3) is 3.43. The van der Waals surface area contributed by atoms with Crippen LogP contribution in [0, 0.1) is 44.3 Å². The van der Waals surface area contributed by atoms with E-state index in [1.807, 2.05) is 0 Å². The van der Waals surface area contributed by atoms with Gasteiger partial charge in [0, 0.05) is 13.1 Å². The van der Waals surface area contributed by atoms with E-state index in [4.69, 9.17) is 0 Å². The SMILES string of the molecule is CC12CC3CC(C)(C1)CC(C(=O)N1CCCCN(C(=O)C45CC6CC(C)(CC(C)(C6)C4)C5)C1)(C3)C2. The Bertz CT molecular complexity index is 859. The van der Waals surface area contributed by atoms with E-state index in [-0.39, 0.29) is 10.8 Å². The molecular weight excluding hydrogens is 432 g/mol. The van der Waals surface area contributed by atoms with Gasteiger partial charge in [-0.05, 0) is 123 Å². The molecule has 0 radical (unpaired) electrons. The molecule has 1 saturated heterocycles. The molecule has 0 N–H and O–H groups in total. The van der Waals surface area contributed by atoms with Gasteiger partial charge in [0.25, 0.3) is 0 Å². The summed E-state index contributed by atoms with van der Waals surface area (Å²) in [4.78, 5) is 33.1. The van der Waals surface area contributed by atoms with Gasteiger partial charge in [0.15, 0.2) is 0 Å². The zero-order valence-electron chi connectivity index (χ0n) is 22.9. The molecule has 8 aliphatic carbocycles. The summed E-state index contributed by atoms with van der Waals surface area (Å²) < 4.78 is 0. The second kappa shape index (κ2) is 6.87. The number of nitrogens with zero attached hydrogens (tertiary/aromatic N) is 2. The molecule has 1 heterocycles. The fourth-order valence-corrected chi connectivity index (χ4v) is 13.3. The number of carbonyl (C=O) groups is 2. The van der Waals surface area contributed by atoms with E-state index in [1.165, 1.54) is 38.5 Å². The number of hydrogen-bond acceptors (Lipinski definition) is 2. The highest BCUT2D eigenvalue weighted by Gasteiger charge is 2.65. The summed E-state index contributed by atoms with van der Waals surface area (Å²) in [5.74, 6) is 2.26. The van der Waals surface area contributed by atoms with Gasteiger partial charge in [0.05, 0.1) is 17.5 Å². The minimum Gasteiger partial charge on any atom is -0.324 e. The Balaban J connectivity index is 1.15. The predicted octanol–water partition coefficient (Wildman–Crippen LogP) is 6.39. The lowest BCUT2D eigenvalue weighted by atomic mass is 9.40. The first-order chi connectivity index (χ1) is 16.3. The van der Waals surface area contributed by atoms with Gasteiger partial charge in [0.2, 0.25) is 11.8 Å². The van der Waals surface area contributed by atoms with E-state index in [1.54, 1.807) is 0 Å². The van der Waals surface area contributed by atoms with Crippen molar-refractivity contribution in [2.75, 3.05) is 19.8 Å². The molecule has 0 spiro atoms. The number of hydrogen-bond donors (Lipinski definition) is 0. The monoisotopic (exact) mass is 480 g/mol. The van der Waals surface area contributed by atoms with Crippen molar-refractivity contribution in [1.82, 2.24) is 9.80 Å². The zero-order valence-corrected chi connectivity index (χ0v) is 22.9. The summed E-state index contributed by atoms with van der Waals surface area (Å²) in [6.07, 6.45) is 16.5. The maximum atomic E-state index is 14.4. The van der Waals surface area contributed by atoms with Gasteiger partial charge >= 0.3 is 0 Å². The third-order valence-electron chi connectivity index (χ3n) is 12.2. The van der Waals surface area contributed by atoms with Crippen LogP contribution in [0.3, 0.4) is 0 Å². The largest absolute Gasteiger partial charge is 0.324 e. The molecule has 8 bridgehead atoms. The van der Waals surface area contributed by atoms with Gasteiger partial charge in [-0.1, -0.05) is 27.7 Å². The van der Waals surface area contributed by atoms with Crippen molar-refractivity contribution in [3.05, 3.63) is 0 Å². The highest BCUT2D eigenvalue weighted by Crippen LogP contribution is 2.71. The Morgan fingerprint density at radius 3 is 1.20 bits per heavy atom. The van der Waals surface area contributed by atoms with Crippen LogP contribution in [-0.2, 0) is 9.59 Å². The highest BCUT2D eigenvalue weighted by atomic mass is 16.2. The molecule has 35 heavy (non-hydrogen) atoms. The third-order valence-corrected chi connectivity index (χ3v) is 12.2. The van der Waals surface area contributed by atoms with E-state index in [9.17, 15) is 9.59 Å². The summed E-state index contributed by atoms with van der Waals surface area (Å²) in [7, 11) is 0. The van der Waals surface area contributed by atoms with Crippen molar-refractivity contribution in [2.24, 2.45) is 44.3 Å². The topological polar surface area (TPSA) is 40.6 Å². The lowest BCUT2D eigenvalue weighted by Crippen LogP contribution is -2.63. The summed E-state index contributed by atoms with van der Waals surface area (Å²) in [6, 6.07) is 0. The first-order valence-electron chi connectivity index (χ1n) is 14.9. The molecule has 4 nitrogen and oxygen atoms in total. The van der Waals surface area contributed by atoms with Crippen LogP contribution in [0.15, 0.2) is 0 Å². The van der Waals surface area contributed by atoms with E-state index in [0.29, 0.717) is 40.1 Å². The fraction of sp³-hybridized carbons (Fsp3) is 0.935. The average Bonchev–Trinajstić information content (AvgIpc) is 2.93. The minimum absolute atomic E-state index is 0.163. The molecular formula is C31H48N2O2. The Kier molecular flexibility index (Phi) is 4.53. The van der Waals surface area contributed by atoms with Crippen molar-refractivity contribution < 1.29 is 9.59 Å². The normalized spacial score (nSPS) is 54.3. The summed E-state index contributed by atoms with van der Waals surface area (Å²) >= 11 is 0. The molecule has 4 heteroatoms. The second-order valence-corrected chi connectivity index (χ2v) is 16.8. The van der Waals surface area contributed by atoms with Gasteiger partial charge in [-0.25, -0.2) is 0 Å². The Labute approximate surface area is 212 Å². The average molecular weight is 481 g/mol. The van der Waals surface area contributed by atoms with Crippen molar-refractivity contribution in [3.8, 4) is 0 Å². The Morgan fingerprint density at radius 2 is 0.886 bits per heavy atom. The first-order valence-corrected chi connectivity index (χ1v) is 14.9. The van der Waals surface area contributed by atoms with E-state index >= 15 is 0 Å². The molecule has 0 aromatic carbocycles. The molecule has 9 aliphatic rings. The number of amides is 2. The van der Waals surface area contributed by atoms with Crippen LogP contribution in [0.2, 0.25) is 0 Å². The van der Waals surface area contributed by atoms with Gasteiger partial charge in [-0.2, -0.15) is 0 Å². The molecule has 0 aromatic rings. The lowest BCUT2D eigenvalue weighted by molar-refractivity contribution is -0.186. The van der Waals surface area contributed by atoms with Gasteiger partial charge < -0.3 is 9.80 Å². The van der Waals surface area contributed by atoms with E-state index in [0.717, 1.165) is 76.3 Å². The van der Waals surface area contributed by atoms with Crippen molar-refractivity contribution in [2.45, 2.75) is 118 Å².